The second-order valence-electron chi connectivity index (χ2n) is 3.62. The first-order valence-corrected chi connectivity index (χ1v) is 4.31. The molecule has 0 aromatic carbocycles. The smallest absolute Gasteiger partial charge is 0.124 e. The third-order valence-corrected chi connectivity index (χ3v) is 3.10. The summed E-state index contributed by atoms with van der Waals surface area (Å²) in [6, 6.07) is 0.919. The van der Waals surface area contributed by atoms with Crippen LogP contribution in [0.2, 0.25) is 0 Å². The van der Waals surface area contributed by atoms with Crippen LogP contribution in [0.15, 0.2) is 0 Å². The summed E-state index contributed by atoms with van der Waals surface area (Å²) in [5, 5.41) is 1.91. The summed E-state index contributed by atoms with van der Waals surface area (Å²) in [6.07, 6.45) is 5.53. The first kappa shape index (κ1) is 7.25. The van der Waals surface area contributed by atoms with Gasteiger partial charge in [0.25, 0.3) is 0 Å². The van der Waals surface area contributed by atoms with E-state index in [9.17, 15) is 4.79 Å². The molecule has 0 aromatic heterocycles. The highest BCUT2D eigenvalue weighted by Gasteiger charge is 2.40. The Hall–Kier alpha value is -0.410. The number of rotatable bonds is 1. The molecule has 2 heterocycles. The van der Waals surface area contributed by atoms with Crippen LogP contribution in [0, 0.1) is 5.92 Å². The van der Waals surface area contributed by atoms with Gasteiger partial charge in [-0.05, 0) is 25.7 Å². The van der Waals surface area contributed by atoms with E-state index in [-0.39, 0.29) is 5.92 Å². The van der Waals surface area contributed by atoms with Crippen molar-refractivity contribution in [3.63, 3.8) is 0 Å². The van der Waals surface area contributed by atoms with Crippen LogP contribution in [-0.2, 0) is 4.79 Å². The fourth-order valence-electron chi connectivity index (χ4n) is 2.40. The molecule has 0 amide bonds. The molecule has 3 atom stereocenters. The van der Waals surface area contributed by atoms with Crippen molar-refractivity contribution in [3.8, 4) is 0 Å². The third kappa shape index (κ3) is 0.993. The van der Waals surface area contributed by atoms with E-state index in [2.05, 4.69) is 0 Å². The minimum Gasteiger partial charge on any atom is -0.303 e. The van der Waals surface area contributed by atoms with Crippen molar-refractivity contribution in [1.29, 1.82) is 0 Å². The zero-order valence-corrected chi connectivity index (χ0v) is 6.57. The molecule has 0 radical (unpaired) electrons. The highest BCUT2D eigenvalue weighted by molar-refractivity contribution is 5.55. The zero-order chi connectivity index (χ0) is 7.84. The van der Waals surface area contributed by atoms with E-state index in [4.69, 9.17) is 5.84 Å². The number of nitrogens with two attached hydrogens (primary N) is 1. The summed E-state index contributed by atoms with van der Waals surface area (Å²) < 4.78 is 0. The third-order valence-electron chi connectivity index (χ3n) is 3.10. The number of aldehydes is 1. The van der Waals surface area contributed by atoms with Crippen LogP contribution in [0.5, 0.6) is 0 Å². The molecule has 3 nitrogen and oxygen atoms in total. The standard InChI is InChI=1S/C8H14N2O/c9-10-7-2-1-6(5-11)8(10)4-3-7/h5-8H,1-4,9H2. The Morgan fingerprint density at radius 2 is 2.00 bits per heavy atom. The average molecular weight is 154 g/mol. The Labute approximate surface area is 66.5 Å². The van der Waals surface area contributed by atoms with Crippen LogP contribution < -0.4 is 5.84 Å². The highest BCUT2D eigenvalue weighted by Crippen LogP contribution is 2.35. The Morgan fingerprint density at radius 3 is 2.73 bits per heavy atom. The van der Waals surface area contributed by atoms with E-state index in [0.717, 1.165) is 25.5 Å². The predicted octanol–water partition coefficient (Wildman–Crippen LogP) is 0.302. The number of carbonyl (C=O) groups is 1. The Morgan fingerprint density at radius 1 is 1.27 bits per heavy atom. The van der Waals surface area contributed by atoms with Crippen LogP contribution in [0.3, 0.4) is 0 Å². The molecule has 62 valence electrons. The van der Waals surface area contributed by atoms with Gasteiger partial charge in [-0.15, -0.1) is 0 Å². The molecule has 0 aromatic rings. The molecule has 11 heavy (non-hydrogen) atoms. The highest BCUT2D eigenvalue weighted by atomic mass is 16.1. The molecule has 0 aliphatic carbocycles. The summed E-state index contributed by atoms with van der Waals surface area (Å²) in [6.45, 7) is 0. The zero-order valence-electron chi connectivity index (χ0n) is 6.57. The number of piperidine rings is 1. The van der Waals surface area contributed by atoms with E-state index < -0.39 is 0 Å². The first-order chi connectivity index (χ1) is 5.33. The van der Waals surface area contributed by atoms with Crippen LogP contribution in [-0.4, -0.2) is 23.4 Å². The van der Waals surface area contributed by atoms with E-state index in [1.54, 1.807) is 0 Å². The molecule has 2 aliphatic heterocycles. The molecule has 2 N–H and O–H groups in total. The van der Waals surface area contributed by atoms with Crippen LogP contribution in [0.4, 0.5) is 0 Å². The Kier molecular flexibility index (Phi) is 1.69. The van der Waals surface area contributed by atoms with E-state index >= 15 is 0 Å². The van der Waals surface area contributed by atoms with E-state index in [1.807, 2.05) is 5.01 Å². The molecule has 0 saturated carbocycles. The quantitative estimate of drug-likeness (QED) is 0.436. The van der Waals surface area contributed by atoms with Crippen molar-refractivity contribution in [1.82, 2.24) is 5.01 Å². The van der Waals surface area contributed by atoms with Gasteiger partial charge in [0.1, 0.15) is 6.29 Å². The first-order valence-electron chi connectivity index (χ1n) is 4.31. The summed E-state index contributed by atoms with van der Waals surface area (Å²) in [4.78, 5) is 10.6. The van der Waals surface area contributed by atoms with E-state index in [0.29, 0.717) is 12.1 Å². The Bertz CT molecular complexity index is 171. The largest absolute Gasteiger partial charge is 0.303 e. The van der Waals surface area contributed by atoms with Gasteiger partial charge in [0.15, 0.2) is 0 Å². The molecule has 2 bridgehead atoms. The van der Waals surface area contributed by atoms with Crippen LogP contribution in [0.25, 0.3) is 0 Å². The Balaban J connectivity index is 2.13. The van der Waals surface area contributed by atoms with Gasteiger partial charge in [-0.25, -0.2) is 5.01 Å². The summed E-state index contributed by atoms with van der Waals surface area (Å²) in [5.74, 6) is 6.03. The van der Waals surface area contributed by atoms with Crippen molar-refractivity contribution in [2.24, 2.45) is 11.8 Å². The summed E-state index contributed by atoms with van der Waals surface area (Å²) in [7, 11) is 0. The normalized spacial score (nSPS) is 44.3. The molecule has 0 spiro atoms. The van der Waals surface area contributed by atoms with Gasteiger partial charge >= 0.3 is 0 Å². The van der Waals surface area contributed by atoms with Gasteiger partial charge in [-0.3, -0.25) is 5.84 Å². The fourth-order valence-corrected chi connectivity index (χ4v) is 2.40. The lowest BCUT2D eigenvalue weighted by Crippen LogP contribution is -2.49. The second kappa shape index (κ2) is 2.57. The van der Waals surface area contributed by atoms with Crippen molar-refractivity contribution < 1.29 is 4.79 Å². The second-order valence-corrected chi connectivity index (χ2v) is 3.62. The van der Waals surface area contributed by atoms with Gasteiger partial charge < -0.3 is 4.79 Å². The maximum Gasteiger partial charge on any atom is 0.124 e. The maximum atomic E-state index is 10.6. The number of fused-ring (bicyclic) bond motifs is 2. The predicted molar refractivity (Wildman–Crippen MR) is 41.6 cm³/mol. The monoisotopic (exact) mass is 154 g/mol. The minimum absolute atomic E-state index is 0.207. The molecule has 2 rings (SSSR count). The van der Waals surface area contributed by atoms with Gasteiger partial charge in [-0.2, -0.15) is 0 Å². The summed E-state index contributed by atoms with van der Waals surface area (Å²) >= 11 is 0. The summed E-state index contributed by atoms with van der Waals surface area (Å²) in [5.41, 5.74) is 0. The van der Waals surface area contributed by atoms with Gasteiger partial charge in [0.05, 0.1) is 0 Å². The molecular formula is C8H14N2O. The number of hydrogen-bond donors (Lipinski definition) is 1. The molecular weight excluding hydrogens is 140 g/mol. The van der Waals surface area contributed by atoms with Gasteiger partial charge in [-0.1, -0.05) is 0 Å². The number of carbonyl (C=O) groups excluding carboxylic acids is 1. The average Bonchev–Trinajstić information content (AvgIpc) is 2.31. The fraction of sp³-hybridized carbons (Fsp3) is 0.875. The molecule has 2 saturated heterocycles. The van der Waals surface area contributed by atoms with Crippen molar-refractivity contribution >= 4 is 6.29 Å². The molecule has 2 aliphatic rings. The SMILES string of the molecule is NN1C2CCC(C=O)C1CC2. The molecule has 3 heteroatoms. The topological polar surface area (TPSA) is 46.3 Å². The molecule has 2 fully saturated rings. The lowest BCUT2D eigenvalue weighted by atomic mass is 9.93. The van der Waals surface area contributed by atoms with Crippen LogP contribution >= 0.6 is 0 Å². The van der Waals surface area contributed by atoms with Gasteiger partial charge in [0.2, 0.25) is 0 Å². The van der Waals surface area contributed by atoms with E-state index in [1.165, 1.54) is 6.42 Å². The number of hydrogen-bond acceptors (Lipinski definition) is 3. The maximum absolute atomic E-state index is 10.6. The lowest BCUT2D eigenvalue weighted by Gasteiger charge is -2.34. The van der Waals surface area contributed by atoms with Crippen molar-refractivity contribution in [2.45, 2.75) is 37.8 Å². The molecule has 3 unspecified atom stereocenters. The van der Waals surface area contributed by atoms with Gasteiger partial charge in [0, 0.05) is 18.0 Å². The van der Waals surface area contributed by atoms with Crippen LogP contribution in [0.1, 0.15) is 25.7 Å². The van der Waals surface area contributed by atoms with Crippen molar-refractivity contribution in [3.05, 3.63) is 0 Å². The minimum atomic E-state index is 0.207. The number of nitrogens with zero attached hydrogens (tertiary/aromatic N) is 1. The number of hydrazine groups is 1. The van der Waals surface area contributed by atoms with Crippen molar-refractivity contribution in [2.75, 3.05) is 0 Å². The lowest BCUT2D eigenvalue weighted by molar-refractivity contribution is -0.114.